The molecule has 1 aromatic carbocycles. The minimum Gasteiger partial charge on any atom is -0.313 e. The number of rotatable bonds is 6. The van der Waals surface area contributed by atoms with E-state index >= 15 is 0 Å². The summed E-state index contributed by atoms with van der Waals surface area (Å²) in [5, 5.41) is 5.53. The van der Waals surface area contributed by atoms with Gasteiger partial charge in [-0.25, -0.2) is 4.98 Å². The summed E-state index contributed by atoms with van der Waals surface area (Å²) in [7, 11) is 0. The van der Waals surface area contributed by atoms with Crippen molar-refractivity contribution in [3.8, 4) is 0 Å². The van der Waals surface area contributed by atoms with Crippen molar-refractivity contribution >= 4 is 35.0 Å². The number of hydrogen-bond acceptors (Lipinski definition) is 3. The Balaban J connectivity index is 2.13. The molecule has 0 aliphatic heterocycles. The van der Waals surface area contributed by atoms with E-state index in [9.17, 15) is 0 Å². The van der Waals surface area contributed by atoms with Gasteiger partial charge in [0.25, 0.3) is 0 Å². The standard InChI is InChI=1S/C15H16Cl2N2S/c1-2-7-18-10-11-4-3-8-19-15(11)20-12-5-6-13(16)14(17)9-12/h3-6,8-9,18H,2,7,10H2,1H3. The number of benzene rings is 1. The van der Waals surface area contributed by atoms with Crippen LogP contribution in [0, 0.1) is 0 Å². The van der Waals surface area contributed by atoms with Crippen LogP contribution < -0.4 is 5.32 Å². The van der Waals surface area contributed by atoms with E-state index in [2.05, 4.69) is 23.3 Å². The summed E-state index contributed by atoms with van der Waals surface area (Å²) in [4.78, 5) is 5.49. The maximum Gasteiger partial charge on any atom is 0.105 e. The van der Waals surface area contributed by atoms with Gasteiger partial charge in [-0.2, -0.15) is 0 Å². The Labute approximate surface area is 133 Å². The van der Waals surface area contributed by atoms with Crippen LogP contribution >= 0.6 is 35.0 Å². The van der Waals surface area contributed by atoms with Crippen molar-refractivity contribution in [2.24, 2.45) is 0 Å². The largest absolute Gasteiger partial charge is 0.313 e. The lowest BCUT2D eigenvalue weighted by Gasteiger charge is -2.09. The molecule has 2 rings (SSSR count). The Morgan fingerprint density at radius 2 is 2.05 bits per heavy atom. The quantitative estimate of drug-likeness (QED) is 0.753. The molecule has 2 nitrogen and oxygen atoms in total. The highest BCUT2D eigenvalue weighted by Crippen LogP contribution is 2.33. The Morgan fingerprint density at radius 3 is 2.80 bits per heavy atom. The Kier molecular flexibility index (Phi) is 6.17. The van der Waals surface area contributed by atoms with Gasteiger partial charge in [-0.15, -0.1) is 0 Å². The number of nitrogens with one attached hydrogen (secondary N) is 1. The van der Waals surface area contributed by atoms with Crippen LogP contribution in [-0.4, -0.2) is 11.5 Å². The number of aromatic nitrogens is 1. The van der Waals surface area contributed by atoms with Crippen LogP contribution in [0.15, 0.2) is 46.5 Å². The van der Waals surface area contributed by atoms with E-state index in [0.717, 1.165) is 29.4 Å². The highest BCUT2D eigenvalue weighted by Gasteiger charge is 2.07. The summed E-state index contributed by atoms with van der Waals surface area (Å²) in [6, 6.07) is 9.69. The average molecular weight is 327 g/mol. The number of halogens is 2. The molecule has 0 unspecified atom stereocenters. The molecule has 0 bridgehead atoms. The van der Waals surface area contributed by atoms with Crippen molar-refractivity contribution in [2.45, 2.75) is 29.8 Å². The first-order valence-corrected chi connectivity index (χ1v) is 8.05. The van der Waals surface area contributed by atoms with Crippen molar-refractivity contribution in [1.82, 2.24) is 10.3 Å². The number of nitrogens with zero attached hydrogens (tertiary/aromatic N) is 1. The van der Waals surface area contributed by atoms with E-state index in [1.807, 2.05) is 30.5 Å². The summed E-state index contributed by atoms with van der Waals surface area (Å²) in [5.74, 6) is 0. The first-order valence-electron chi connectivity index (χ1n) is 6.48. The van der Waals surface area contributed by atoms with Gasteiger partial charge in [0.05, 0.1) is 10.0 Å². The molecule has 106 valence electrons. The van der Waals surface area contributed by atoms with E-state index in [1.54, 1.807) is 11.8 Å². The number of pyridine rings is 1. The summed E-state index contributed by atoms with van der Waals surface area (Å²) >= 11 is 13.6. The molecule has 0 fully saturated rings. The van der Waals surface area contributed by atoms with E-state index in [0.29, 0.717) is 10.0 Å². The van der Waals surface area contributed by atoms with Gasteiger partial charge in [-0.05, 0) is 42.8 Å². The fourth-order valence-corrected chi connectivity index (χ4v) is 2.99. The molecule has 0 spiro atoms. The Hall–Kier alpha value is -0.740. The Morgan fingerprint density at radius 1 is 1.20 bits per heavy atom. The van der Waals surface area contributed by atoms with Crippen molar-refractivity contribution < 1.29 is 0 Å². The molecule has 0 amide bonds. The fourth-order valence-electron chi connectivity index (χ4n) is 1.70. The van der Waals surface area contributed by atoms with Crippen molar-refractivity contribution in [3.05, 3.63) is 52.1 Å². The third-order valence-electron chi connectivity index (χ3n) is 2.70. The topological polar surface area (TPSA) is 24.9 Å². The molecule has 0 radical (unpaired) electrons. The third kappa shape index (κ3) is 4.38. The summed E-state index contributed by atoms with van der Waals surface area (Å²) in [5.41, 5.74) is 1.19. The molecule has 1 N–H and O–H groups in total. The maximum atomic E-state index is 6.04. The molecule has 0 atom stereocenters. The van der Waals surface area contributed by atoms with E-state index in [-0.39, 0.29) is 0 Å². The van der Waals surface area contributed by atoms with Crippen LogP contribution in [0.3, 0.4) is 0 Å². The lowest BCUT2D eigenvalue weighted by atomic mass is 10.3. The van der Waals surface area contributed by atoms with Gasteiger partial charge in [-0.1, -0.05) is 48.0 Å². The second-order valence-electron chi connectivity index (χ2n) is 4.32. The molecule has 0 aliphatic carbocycles. The summed E-state index contributed by atoms with van der Waals surface area (Å²) in [6.07, 6.45) is 2.93. The minimum absolute atomic E-state index is 0.568. The van der Waals surface area contributed by atoms with E-state index in [4.69, 9.17) is 23.2 Å². The van der Waals surface area contributed by atoms with Gasteiger partial charge >= 0.3 is 0 Å². The average Bonchev–Trinajstić information content (AvgIpc) is 2.45. The molecule has 5 heteroatoms. The van der Waals surface area contributed by atoms with Crippen LogP contribution in [0.1, 0.15) is 18.9 Å². The third-order valence-corrected chi connectivity index (χ3v) is 4.49. The zero-order valence-electron chi connectivity index (χ0n) is 11.2. The molecule has 1 aromatic heterocycles. The summed E-state index contributed by atoms with van der Waals surface area (Å²) < 4.78 is 0. The van der Waals surface area contributed by atoms with Crippen LogP contribution in [-0.2, 0) is 6.54 Å². The SMILES string of the molecule is CCCNCc1cccnc1Sc1ccc(Cl)c(Cl)c1. The molecule has 2 aromatic rings. The maximum absolute atomic E-state index is 6.04. The van der Waals surface area contributed by atoms with Crippen LogP contribution in [0.25, 0.3) is 0 Å². The highest BCUT2D eigenvalue weighted by atomic mass is 35.5. The van der Waals surface area contributed by atoms with Gasteiger partial charge in [0.15, 0.2) is 0 Å². The zero-order chi connectivity index (χ0) is 14.4. The number of hydrogen-bond donors (Lipinski definition) is 1. The first-order chi connectivity index (χ1) is 9.70. The normalized spacial score (nSPS) is 10.8. The van der Waals surface area contributed by atoms with Gasteiger partial charge < -0.3 is 5.32 Å². The monoisotopic (exact) mass is 326 g/mol. The second kappa shape index (κ2) is 7.89. The molecule has 0 saturated carbocycles. The lowest BCUT2D eigenvalue weighted by Crippen LogP contribution is -2.14. The fraction of sp³-hybridized carbons (Fsp3) is 0.267. The second-order valence-corrected chi connectivity index (χ2v) is 6.20. The molecule has 0 aliphatic rings. The van der Waals surface area contributed by atoms with Gasteiger partial charge in [0.2, 0.25) is 0 Å². The first kappa shape index (κ1) is 15.6. The predicted octanol–water partition coefficient (Wildman–Crippen LogP) is 5.04. The lowest BCUT2D eigenvalue weighted by molar-refractivity contribution is 0.665. The predicted molar refractivity (Wildman–Crippen MR) is 86.8 cm³/mol. The molecule has 0 saturated heterocycles. The molecule has 20 heavy (non-hydrogen) atoms. The smallest absolute Gasteiger partial charge is 0.105 e. The molecular formula is C15H16Cl2N2S. The zero-order valence-corrected chi connectivity index (χ0v) is 13.5. The molecular weight excluding hydrogens is 311 g/mol. The van der Waals surface area contributed by atoms with E-state index in [1.165, 1.54) is 5.56 Å². The Bertz CT molecular complexity index is 576. The van der Waals surface area contributed by atoms with Crippen molar-refractivity contribution in [3.63, 3.8) is 0 Å². The van der Waals surface area contributed by atoms with Crippen molar-refractivity contribution in [1.29, 1.82) is 0 Å². The van der Waals surface area contributed by atoms with Crippen LogP contribution in [0.2, 0.25) is 10.0 Å². The van der Waals surface area contributed by atoms with Gasteiger partial charge in [0.1, 0.15) is 5.03 Å². The highest BCUT2D eigenvalue weighted by molar-refractivity contribution is 7.99. The van der Waals surface area contributed by atoms with E-state index < -0.39 is 0 Å². The molecule has 1 heterocycles. The summed E-state index contributed by atoms with van der Waals surface area (Å²) in [6.45, 7) is 3.98. The van der Waals surface area contributed by atoms with Gasteiger partial charge in [-0.3, -0.25) is 0 Å². The van der Waals surface area contributed by atoms with Crippen molar-refractivity contribution in [2.75, 3.05) is 6.54 Å². The van der Waals surface area contributed by atoms with Crippen LogP contribution in [0.4, 0.5) is 0 Å². The van der Waals surface area contributed by atoms with Crippen LogP contribution in [0.5, 0.6) is 0 Å². The minimum atomic E-state index is 0.568. The van der Waals surface area contributed by atoms with Gasteiger partial charge in [0, 0.05) is 17.6 Å².